The molecule has 33 heavy (non-hydrogen) atoms. The van der Waals surface area contributed by atoms with E-state index >= 15 is 0 Å². The van der Waals surface area contributed by atoms with Gasteiger partial charge in [0.1, 0.15) is 5.82 Å². The van der Waals surface area contributed by atoms with Gasteiger partial charge in [-0.1, -0.05) is 6.07 Å². The molecule has 1 aromatic carbocycles. The summed E-state index contributed by atoms with van der Waals surface area (Å²) in [4.78, 5) is 24.8. The molecular weight excluding hydrogens is 414 g/mol. The molecule has 7 heteroatoms. The number of benzene rings is 1. The first-order chi connectivity index (χ1) is 16.0. The Morgan fingerprint density at radius 2 is 1.79 bits per heavy atom. The number of carboxylic acid groups (broad SMARTS) is 1. The van der Waals surface area contributed by atoms with E-state index in [1.165, 1.54) is 12.8 Å². The number of anilines is 3. The fraction of sp³-hybridized carbons (Fsp3) is 0.385. The fourth-order valence-corrected chi connectivity index (χ4v) is 4.53. The van der Waals surface area contributed by atoms with Crippen molar-refractivity contribution >= 4 is 23.4 Å². The molecule has 0 unspecified atom stereocenters. The zero-order valence-electron chi connectivity index (χ0n) is 18.8. The van der Waals surface area contributed by atoms with Crippen LogP contribution in [0.4, 0.5) is 17.5 Å². The number of nitrogens with one attached hydrogen (secondary N) is 2. The van der Waals surface area contributed by atoms with Crippen molar-refractivity contribution in [1.82, 2.24) is 15.0 Å². The molecule has 5 rings (SSSR count). The number of pyridine rings is 1. The molecule has 0 amide bonds. The molecular formula is C26H29N5O2. The molecule has 0 aliphatic heterocycles. The van der Waals surface area contributed by atoms with Gasteiger partial charge >= 0.3 is 5.97 Å². The minimum Gasteiger partial charge on any atom is -0.481 e. The second-order valence-electron chi connectivity index (χ2n) is 9.26. The first-order valence-electron chi connectivity index (χ1n) is 11.7. The van der Waals surface area contributed by atoms with E-state index in [2.05, 4.69) is 56.8 Å². The van der Waals surface area contributed by atoms with Crippen LogP contribution in [0.25, 0.3) is 11.1 Å². The lowest BCUT2D eigenvalue weighted by atomic mass is 9.86. The second-order valence-corrected chi connectivity index (χ2v) is 9.26. The molecule has 3 N–H and O–H groups in total. The molecule has 7 nitrogen and oxygen atoms in total. The predicted molar refractivity (Wildman–Crippen MR) is 129 cm³/mol. The van der Waals surface area contributed by atoms with Crippen molar-refractivity contribution in [3.05, 3.63) is 60.0 Å². The van der Waals surface area contributed by atoms with Gasteiger partial charge in [-0.3, -0.25) is 4.79 Å². The van der Waals surface area contributed by atoms with E-state index in [0.717, 1.165) is 59.6 Å². The summed E-state index contributed by atoms with van der Waals surface area (Å²) in [5, 5.41) is 16.0. The lowest BCUT2D eigenvalue weighted by Crippen LogP contribution is -2.29. The van der Waals surface area contributed by atoms with E-state index in [4.69, 9.17) is 5.11 Å². The molecule has 2 fully saturated rings. The number of nitrogens with zero attached hydrogens (tertiary/aromatic N) is 3. The molecule has 0 atom stereocenters. The van der Waals surface area contributed by atoms with Gasteiger partial charge in [-0.15, -0.1) is 0 Å². The van der Waals surface area contributed by atoms with Crippen LogP contribution in [0.5, 0.6) is 0 Å². The third kappa shape index (κ3) is 5.30. The van der Waals surface area contributed by atoms with E-state index in [1.54, 1.807) is 0 Å². The van der Waals surface area contributed by atoms with Crippen LogP contribution in [0.15, 0.2) is 48.8 Å². The maximum Gasteiger partial charge on any atom is 0.306 e. The van der Waals surface area contributed by atoms with Crippen molar-refractivity contribution < 1.29 is 9.90 Å². The van der Waals surface area contributed by atoms with Crippen LogP contribution in [-0.2, 0) is 4.79 Å². The summed E-state index contributed by atoms with van der Waals surface area (Å²) in [5.74, 6) is 1.17. The Labute approximate surface area is 193 Å². The molecule has 0 radical (unpaired) electrons. The second kappa shape index (κ2) is 9.17. The van der Waals surface area contributed by atoms with E-state index < -0.39 is 5.97 Å². The molecule has 2 aliphatic carbocycles. The largest absolute Gasteiger partial charge is 0.481 e. The van der Waals surface area contributed by atoms with Gasteiger partial charge in [0.2, 0.25) is 5.95 Å². The molecule has 2 aromatic heterocycles. The van der Waals surface area contributed by atoms with Gasteiger partial charge in [-0.25, -0.2) is 15.0 Å². The van der Waals surface area contributed by atoms with Crippen LogP contribution in [0.2, 0.25) is 0 Å². The van der Waals surface area contributed by atoms with E-state index in [-0.39, 0.29) is 12.0 Å². The number of aromatic nitrogens is 3. The highest BCUT2D eigenvalue weighted by molar-refractivity contribution is 5.71. The first kappa shape index (κ1) is 21.4. The van der Waals surface area contributed by atoms with Crippen LogP contribution in [0, 0.1) is 12.8 Å². The number of carboxylic acids is 1. The number of aliphatic carboxylic acids is 1. The highest BCUT2D eigenvalue weighted by atomic mass is 16.4. The average Bonchev–Trinajstić information content (AvgIpc) is 3.65. The molecule has 2 saturated carbocycles. The SMILES string of the molecule is Cc1cc(Nc2nccc(C3CC3)n2)cc(-c2ccc(NC3CCC(C(=O)O)CC3)nc2)c1. The zero-order valence-corrected chi connectivity index (χ0v) is 18.8. The summed E-state index contributed by atoms with van der Waals surface area (Å²) < 4.78 is 0. The molecule has 170 valence electrons. The van der Waals surface area contributed by atoms with Crippen LogP contribution in [-0.4, -0.2) is 32.1 Å². The average molecular weight is 444 g/mol. The van der Waals surface area contributed by atoms with Crippen LogP contribution in [0.1, 0.15) is 55.7 Å². The van der Waals surface area contributed by atoms with Crippen molar-refractivity contribution in [2.45, 2.75) is 57.4 Å². The highest BCUT2D eigenvalue weighted by Crippen LogP contribution is 2.39. The summed E-state index contributed by atoms with van der Waals surface area (Å²) in [7, 11) is 0. The Balaban J connectivity index is 1.26. The normalized spacial score (nSPS) is 20.3. The number of aryl methyl sites for hydroxylation is 1. The quantitative estimate of drug-likeness (QED) is 0.442. The fourth-order valence-electron chi connectivity index (χ4n) is 4.53. The summed E-state index contributed by atoms with van der Waals surface area (Å²) in [6.45, 7) is 2.08. The predicted octanol–water partition coefficient (Wildman–Crippen LogP) is 5.52. The maximum atomic E-state index is 11.1. The summed E-state index contributed by atoms with van der Waals surface area (Å²) >= 11 is 0. The van der Waals surface area contributed by atoms with Gasteiger partial charge in [-0.05, 0) is 86.9 Å². The molecule has 2 aliphatic rings. The topological polar surface area (TPSA) is 100 Å². The molecule has 0 saturated heterocycles. The number of hydrogen-bond donors (Lipinski definition) is 3. The Morgan fingerprint density at radius 1 is 0.970 bits per heavy atom. The van der Waals surface area contributed by atoms with E-state index in [9.17, 15) is 4.79 Å². The Hall–Kier alpha value is -3.48. The van der Waals surface area contributed by atoms with Crippen LogP contribution in [0.3, 0.4) is 0 Å². The van der Waals surface area contributed by atoms with Gasteiger partial charge in [0.15, 0.2) is 0 Å². The molecule has 3 aromatic rings. The number of rotatable bonds is 7. The van der Waals surface area contributed by atoms with Crippen molar-refractivity contribution in [2.24, 2.45) is 5.92 Å². The van der Waals surface area contributed by atoms with E-state index in [1.807, 2.05) is 24.5 Å². The minimum absolute atomic E-state index is 0.205. The van der Waals surface area contributed by atoms with E-state index in [0.29, 0.717) is 11.9 Å². The summed E-state index contributed by atoms with van der Waals surface area (Å²) in [5.41, 5.74) is 5.33. The molecule has 0 spiro atoms. The summed E-state index contributed by atoms with van der Waals surface area (Å²) in [6, 6.07) is 12.7. The van der Waals surface area contributed by atoms with Gasteiger partial charge in [0.25, 0.3) is 0 Å². The Kier molecular flexibility index (Phi) is 5.94. The molecule has 0 bridgehead atoms. The minimum atomic E-state index is -0.676. The van der Waals surface area contributed by atoms with Gasteiger partial charge in [-0.2, -0.15) is 0 Å². The first-order valence-corrected chi connectivity index (χ1v) is 11.7. The van der Waals surface area contributed by atoms with Crippen molar-refractivity contribution in [3.8, 4) is 11.1 Å². The molecule has 2 heterocycles. The highest BCUT2D eigenvalue weighted by Gasteiger charge is 2.26. The van der Waals surface area contributed by atoms with Crippen molar-refractivity contribution in [1.29, 1.82) is 0 Å². The zero-order chi connectivity index (χ0) is 22.8. The third-order valence-corrected chi connectivity index (χ3v) is 6.53. The monoisotopic (exact) mass is 443 g/mol. The smallest absolute Gasteiger partial charge is 0.306 e. The van der Waals surface area contributed by atoms with Crippen molar-refractivity contribution in [2.75, 3.05) is 10.6 Å². The van der Waals surface area contributed by atoms with Crippen LogP contribution < -0.4 is 10.6 Å². The standard InChI is InChI=1S/C26H29N5O2/c1-16-12-20(14-22(13-16)30-26-27-11-10-23(31-26)17-2-3-17)19-6-9-24(28-15-19)29-21-7-4-18(5-8-21)25(32)33/h6,9-15,17-18,21H,2-5,7-8H2,1H3,(H,28,29)(H,32,33)(H,27,30,31). The summed E-state index contributed by atoms with van der Waals surface area (Å²) in [6.07, 6.45) is 9.29. The Morgan fingerprint density at radius 3 is 2.48 bits per heavy atom. The number of carbonyl (C=O) groups is 1. The Bertz CT molecular complexity index is 1140. The van der Waals surface area contributed by atoms with Crippen LogP contribution >= 0.6 is 0 Å². The lowest BCUT2D eigenvalue weighted by Gasteiger charge is -2.27. The van der Waals surface area contributed by atoms with Gasteiger partial charge in [0.05, 0.1) is 5.92 Å². The van der Waals surface area contributed by atoms with Gasteiger partial charge in [0, 0.05) is 41.3 Å². The third-order valence-electron chi connectivity index (χ3n) is 6.53. The van der Waals surface area contributed by atoms with Gasteiger partial charge < -0.3 is 15.7 Å². The maximum absolute atomic E-state index is 11.1. The van der Waals surface area contributed by atoms with Crippen molar-refractivity contribution in [3.63, 3.8) is 0 Å². The lowest BCUT2D eigenvalue weighted by molar-refractivity contribution is -0.142. The number of hydrogen-bond acceptors (Lipinski definition) is 6.